The Morgan fingerprint density at radius 3 is 2.71 bits per heavy atom. The Bertz CT molecular complexity index is 213. The summed E-state index contributed by atoms with van der Waals surface area (Å²) in [5.74, 6) is -0.477. The smallest absolute Gasteiger partial charge is 0.410 e. The Morgan fingerprint density at radius 1 is 1.43 bits per heavy atom. The molecule has 0 bridgehead atoms. The van der Waals surface area contributed by atoms with Crippen molar-refractivity contribution < 1.29 is 19.1 Å². The number of alkyl carbamates (subject to hydrolysis) is 1. The predicted molar refractivity (Wildman–Crippen MR) is 50.5 cm³/mol. The maximum absolute atomic E-state index is 10.9. The Hall–Kier alpha value is -1.52. The topological polar surface area (TPSA) is 64.6 Å². The fourth-order valence-corrected chi connectivity index (χ4v) is 0.602. The molecule has 0 atom stereocenters. The zero-order valence-corrected chi connectivity index (χ0v) is 8.41. The third kappa shape index (κ3) is 7.15. The molecule has 1 N–H and O–H groups in total. The van der Waals surface area contributed by atoms with Gasteiger partial charge in [0.2, 0.25) is 0 Å². The minimum Gasteiger partial charge on any atom is -0.462 e. The summed E-state index contributed by atoms with van der Waals surface area (Å²) in [6.07, 6.45) is 3.50. The van der Waals surface area contributed by atoms with Gasteiger partial charge in [-0.05, 0) is 6.42 Å². The average Bonchev–Trinajstić information content (AvgIpc) is 2.18. The van der Waals surface area contributed by atoms with E-state index in [0.717, 1.165) is 18.9 Å². The van der Waals surface area contributed by atoms with Crippen LogP contribution in [0.2, 0.25) is 0 Å². The van der Waals surface area contributed by atoms with Crippen molar-refractivity contribution >= 4 is 12.1 Å². The largest absolute Gasteiger partial charge is 0.462 e. The summed E-state index contributed by atoms with van der Waals surface area (Å²) in [7, 11) is 1.24. The van der Waals surface area contributed by atoms with Gasteiger partial charge in [0.25, 0.3) is 0 Å². The van der Waals surface area contributed by atoms with Crippen LogP contribution in [0.15, 0.2) is 12.3 Å². The van der Waals surface area contributed by atoms with E-state index in [2.05, 4.69) is 10.1 Å². The summed E-state index contributed by atoms with van der Waals surface area (Å²) < 4.78 is 9.06. The van der Waals surface area contributed by atoms with Crippen LogP contribution in [0.5, 0.6) is 0 Å². The van der Waals surface area contributed by atoms with Gasteiger partial charge in [-0.25, -0.2) is 9.59 Å². The van der Waals surface area contributed by atoms with Crippen LogP contribution in [-0.2, 0) is 14.3 Å². The minimum absolute atomic E-state index is 0.401. The number of rotatable bonds is 5. The highest BCUT2D eigenvalue weighted by molar-refractivity contribution is 5.82. The third-order valence-electron chi connectivity index (χ3n) is 1.35. The molecule has 0 heterocycles. The first-order chi connectivity index (χ1) is 6.70. The van der Waals surface area contributed by atoms with Crippen molar-refractivity contribution in [2.75, 3.05) is 13.7 Å². The number of carbonyl (C=O) groups is 2. The summed E-state index contributed by atoms with van der Waals surface area (Å²) in [6, 6.07) is 0. The predicted octanol–water partition coefficient (Wildman–Crippen LogP) is 1.20. The molecular weight excluding hydrogens is 186 g/mol. The normalized spacial score (nSPS) is 9.86. The van der Waals surface area contributed by atoms with E-state index in [-0.39, 0.29) is 0 Å². The van der Waals surface area contributed by atoms with Gasteiger partial charge >= 0.3 is 12.1 Å². The number of ether oxygens (including phenoxy) is 2. The molecule has 0 fully saturated rings. The van der Waals surface area contributed by atoms with Gasteiger partial charge in [-0.1, -0.05) is 13.3 Å². The van der Waals surface area contributed by atoms with Gasteiger partial charge in [-0.15, -0.1) is 0 Å². The molecule has 0 aromatic heterocycles. The molecule has 0 aromatic rings. The highest BCUT2D eigenvalue weighted by atomic mass is 16.5. The molecule has 0 unspecified atom stereocenters. The number of esters is 1. The van der Waals surface area contributed by atoms with E-state index in [1.165, 1.54) is 13.3 Å². The van der Waals surface area contributed by atoms with Crippen molar-refractivity contribution in [1.29, 1.82) is 0 Å². The van der Waals surface area contributed by atoms with E-state index < -0.39 is 12.1 Å². The van der Waals surface area contributed by atoms with Crippen LogP contribution in [0.3, 0.4) is 0 Å². The quantitative estimate of drug-likeness (QED) is 0.412. The first-order valence-corrected chi connectivity index (χ1v) is 4.38. The molecule has 1 amide bonds. The van der Waals surface area contributed by atoms with E-state index >= 15 is 0 Å². The first kappa shape index (κ1) is 12.5. The molecule has 0 aliphatic carbocycles. The van der Waals surface area contributed by atoms with E-state index in [0.29, 0.717) is 6.61 Å². The van der Waals surface area contributed by atoms with Crippen molar-refractivity contribution in [1.82, 2.24) is 5.32 Å². The van der Waals surface area contributed by atoms with Crippen molar-refractivity contribution in [3.05, 3.63) is 12.3 Å². The van der Waals surface area contributed by atoms with Crippen LogP contribution < -0.4 is 5.32 Å². The molecule has 80 valence electrons. The second kappa shape index (κ2) is 8.10. The molecule has 5 nitrogen and oxygen atoms in total. The Labute approximate surface area is 83.1 Å². The lowest BCUT2D eigenvalue weighted by atomic mass is 10.4. The van der Waals surface area contributed by atoms with Crippen LogP contribution in [0, 0.1) is 0 Å². The molecule has 14 heavy (non-hydrogen) atoms. The second-order valence-electron chi connectivity index (χ2n) is 2.49. The molecule has 0 rings (SSSR count). The Kier molecular flexibility index (Phi) is 7.22. The highest BCUT2D eigenvalue weighted by Crippen LogP contribution is 1.89. The van der Waals surface area contributed by atoms with Crippen molar-refractivity contribution in [2.24, 2.45) is 0 Å². The highest BCUT2D eigenvalue weighted by Gasteiger charge is 1.96. The van der Waals surface area contributed by atoms with E-state index in [1.807, 2.05) is 6.92 Å². The summed E-state index contributed by atoms with van der Waals surface area (Å²) >= 11 is 0. The maximum Gasteiger partial charge on any atom is 0.410 e. The number of amides is 1. The molecule has 0 saturated heterocycles. The SMILES string of the molecule is CCCCOC(=O)/C=C\NC(=O)OC. The molecule has 0 spiro atoms. The Morgan fingerprint density at radius 2 is 2.14 bits per heavy atom. The van der Waals surface area contributed by atoms with Crippen molar-refractivity contribution in [3.8, 4) is 0 Å². The molecule has 0 saturated carbocycles. The summed E-state index contributed by atoms with van der Waals surface area (Å²) in [5.41, 5.74) is 0. The van der Waals surface area contributed by atoms with Crippen LogP contribution in [0.4, 0.5) is 4.79 Å². The lowest BCUT2D eigenvalue weighted by molar-refractivity contribution is -0.137. The number of hydrogen-bond acceptors (Lipinski definition) is 4. The van der Waals surface area contributed by atoms with Gasteiger partial charge in [-0.2, -0.15) is 0 Å². The van der Waals surface area contributed by atoms with Gasteiger partial charge in [0.05, 0.1) is 13.7 Å². The minimum atomic E-state index is -0.623. The Balaban J connectivity index is 3.55. The van der Waals surface area contributed by atoms with Crippen molar-refractivity contribution in [2.45, 2.75) is 19.8 Å². The van der Waals surface area contributed by atoms with E-state index in [4.69, 9.17) is 4.74 Å². The molecule has 0 radical (unpaired) electrons. The lowest BCUT2D eigenvalue weighted by Crippen LogP contribution is -2.17. The standard InChI is InChI=1S/C9H15NO4/c1-3-4-7-14-8(11)5-6-10-9(12)13-2/h5-6H,3-4,7H2,1-2H3,(H,10,12)/b6-5-. The van der Waals surface area contributed by atoms with E-state index in [9.17, 15) is 9.59 Å². The van der Waals surface area contributed by atoms with Gasteiger partial charge in [0.15, 0.2) is 0 Å². The van der Waals surface area contributed by atoms with Gasteiger partial charge in [0.1, 0.15) is 0 Å². The van der Waals surface area contributed by atoms with Crippen LogP contribution in [0.25, 0.3) is 0 Å². The number of nitrogens with one attached hydrogen (secondary N) is 1. The molecule has 0 aliphatic heterocycles. The zero-order chi connectivity index (χ0) is 10.8. The average molecular weight is 201 g/mol. The third-order valence-corrected chi connectivity index (χ3v) is 1.35. The lowest BCUT2D eigenvalue weighted by Gasteiger charge is -1.99. The first-order valence-electron chi connectivity index (χ1n) is 4.38. The zero-order valence-electron chi connectivity index (χ0n) is 8.41. The summed E-state index contributed by atoms with van der Waals surface area (Å²) in [6.45, 7) is 2.40. The summed E-state index contributed by atoms with van der Waals surface area (Å²) in [5, 5.41) is 2.21. The number of hydrogen-bond donors (Lipinski definition) is 1. The molecular formula is C9H15NO4. The fourth-order valence-electron chi connectivity index (χ4n) is 0.602. The second-order valence-corrected chi connectivity index (χ2v) is 2.49. The summed E-state index contributed by atoms with van der Waals surface area (Å²) in [4.78, 5) is 21.4. The molecule has 0 aliphatic rings. The van der Waals surface area contributed by atoms with Crippen LogP contribution in [-0.4, -0.2) is 25.8 Å². The maximum atomic E-state index is 10.9. The molecule has 0 aromatic carbocycles. The monoisotopic (exact) mass is 201 g/mol. The van der Waals surface area contributed by atoms with Gasteiger partial charge < -0.3 is 9.47 Å². The number of carbonyl (C=O) groups excluding carboxylic acids is 2. The number of methoxy groups -OCH3 is 1. The number of unbranched alkanes of at least 4 members (excludes halogenated alkanes) is 1. The van der Waals surface area contributed by atoms with Crippen molar-refractivity contribution in [3.63, 3.8) is 0 Å². The van der Waals surface area contributed by atoms with Crippen LogP contribution >= 0.6 is 0 Å². The van der Waals surface area contributed by atoms with E-state index in [1.54, 1.807) is 0 Å². The van der Waals surface area contributed by atoms with Crippen LogP contribution in [0.1, 0.15) is 19.8 Å². The van der Waals surface area contributed by atoms with Gasteiger partial charge in [0, 0.05) is 12.3 Å². The molecule has 5 heteroatoms. The fraction of sp³-hybridized carbons (Fsp3) is 0.556. The van der Waals surface area contributed by atoms with Gasteiger partial charge in [-0.3, -0.25) is 5.32 Å².